The number of nitrogens with zero attached hydrogens (tertiary/aromatic N) is 1. The van der Waals surface area contributed by atoms with Crippen LogP contribution in [0.5, 0.6) is 5.75 Å². The van der Waals surface area contributed by atoms with E-state index in [1.165, 1.54) is 6.92 Å². The van der Waals surface area contributed by atoms with Gasteiger partial charge >= 0.3 is 6.16 Å². The second-order valence-electron chi connectivity index (χ2n) is 5.29. The summed E-state index contributed by atoms with van der Waals surface area (Å²) in [6.45, 7) is 4.82. The van der Waals surface area contributed by atoms with Crippen molar-refractivity contribution in [1.29, 1.82) is 0 Å². The van der Waals surface area contributed by atoms with E-state index in [2.05, 4.69) is 5.32 Å². The van der Waals surface area contributed by atoms with Crippen LogP contribution >= 0.6 is 0 Å². The van der Waals surface area contributed by atoms with Gasteiger partial charge in [-0.2, -0.15) is 0 Å². The summed E-state index contributed by atoms with van der Waals surface area (Å²) in [7, 11) is 0. The van der Waals surface area contributed by atoms with E-state index in [0.29, 0.717) is 18.8 Å². The van der Waals surface area contributed by atoms with Crippen molar-refractivity contribution in [1.82, 2.24) is 0 Å². The van der Waals surface area contributed by atoms with Crippen LogP contribution in [0.4, 0.5) is 16.2 Å². The largest absolute Gasteiger partial charge is 0.513 e. The van der Waals surface area contributed by atoms with Crippen molar-refractivity contribution in [3.05, 3.63) is 54.6 Å². The maximum atomic E-state index is 11.7. The minimum atomic E-state index is -0.739. The maximum absolute atomic E-state index is 11.7. The van der Waals surface area contributed by atoms with Gasteiger partial charge in [-0.25, -0.2) is 4.79 Å². The lowest BCUT2D eigenvalue weighted by molar-refractivity contribution is -0.114. The number of hydrogen-bond acceptors (Lipinski definition) is 5. The summed E-state index contributed by atoms with van der Waals surface area (Å²) >= 11 is 0. The van der Waals surface area contributed by atoms with Crippen LogP contribution in [0.1, 0.15) is 13.8 Å². The Morgan fingerprint density at radius 1 is 1.04 bits per heavy atom. The Kier molecular flexibility index (Phi) is 6.83. The first-order valence-electron chi connectivity index (χ1n) is 8.11. The van der Waals surface area contributed by atoms with Gasteiger partial charge in [0.15, 0.2) is 0 Å². The summed E-state index contributed by atoms with van der Waals surface area (Å²) in [5.41, 5.74) is 1.60. The van der Waals surface area contributed by atoms with E-state index < -0.39 is 6.16 Å². The Morgan fingerprint density at radius 2 is 1.72 bits per heavy atom. The van der Waals surface area contributed by atoms with E-state index in [9.17, 15) is 9.59 Å². The second-order valence-corrected chi connectivity index (χ2v) is 5.29. The lowest BCUT2D eigenvalue weighted by Gasteiger charge is -2.25. The minimum Gasteiger partial charge on any atom is -0.432 e. The van der Waals surface area contributed by atoms with Gasteiger partial charge in [0.05, 0.1) is 17.9 Å². The number of benzene rings is 2. The first-order valence-corrected chi connectivity index (χ1v) is 8.11. The molecule has 1 N–H and O–H groups in total. The molecule has 2 aromatic rings. The molecule has 0 aliphatic heterocycles. The van der Waals surface area contributed by atoms with Gasteiger partial charge in [0, 0.05) is 13.5 Å². The molecule has 0 heterocycles. The number of anilines is 2. The van der Waals surface area contributed by atoms with Crippen molar-refractivity contribution in [2.45, 2.75) is 13.8 Å². The molecule has 132 valence electrons. The van der Waals surface area contributed by atoms with Crippen LogP contribution in [0, 0.1) is 0 Å². The van der Waals surface area contributed by atoms with Crippen molar-refractivity contribution in [2.24, 2.45) is 0 Å². The van der Waals surface area contributed by atoms with Crippen LogP contribution in [0.2, 0.25) is 0 Å². The molecule has 1 amide bonds. The third-order valence-corrected chi connectivity index (χ3v) is 3.46. The second kappa shape index (κ2) is 9.32. The molecule has 0 atom stereocenters. The zero-order chi connectivity index (χ0) is 18.1. The summed E-state index contributed by atoms with van der Waals surface area (Å²) in [4.78, 5) is 25.1. The fraction of sp³-hybridized carbons (Fsp3) is 0.263. The monoisotopic (exact) mass is 342 g/mol. The topological polar surface area (TPSA) is 67.9 Å². The van der Waals surface area contributed by atoms with Crippen molar-refractivity contribution in [3.8, 4) is 5.75 Å². The summed E-state index contributed by atoms with van der Waals surface area (Å²) in [6, 6.07) is 16.3. The standard InChI is InChI=1S/C19H22N2O4/c1-3-21(18-12-8-7-11-17(18)20-15(2)22)13-14-24-19(23)25-16-9-5-4-6-10-16/h4-12H,3,13-14H2,1-2H3,(H,20,22). The van der Waals surface area contributed by atoms with Crippen molar-refractivity contribution >= 4 is 23.4 Å². The van der Waals surface area contributed by atoms with Crippen molar-refractivity contribution in [3.63, 3.8) is 0 Å². The van der Waals surface area contributed by atoms with Crippen molar-refractivity contribution in [2.75, 3.05) is 29.9 Å². The zero-order valence-electron chi connectivity index (χ0n) is 14.4. The lowest BCUT2D eigenvalue weighted by Crippen LogP contribution is -2.29. The highest BCUT2D eigenvalue weighted by Crippen LogP contribution is 2.25. The fourth-order valence-electron chi connectivity index (χ4n) is 2.35. The van der Waals surface area contributed by atoms with E-state index >= 15 is 0 Å². The zero-order valence-corrected chi connectivity index (χ0v) is 14.4. The Balaban J connectivity index is 1.90. The normalized spacial score (nSPS) is 10.0. The van der Waals surface area contributed by atoms with E-state index in [1.54, 1.807) is 24.3 Å². The first-order chi connectivity index (χ1) is 12.1. The van der Waals surface area contributed by atoms with Gasteiger partial charge in [0.25, 0.3) is 0 Å². The molecule has 0 aromatic heterocycles. The highest BCUT2D eigenvalue weighted by molar-refractivity contribution is 5.92. The average Bonchev–Trinajstić information content (AvgIpc) is 2.60. The quantitative estimate of drug-likeness (QED) is 0.614. The molecule has 0 radical (unpaired) electrons. The Labute approximate surface area is 147 Å². The molecule has 0 unspecified atom stereocenters. The fourth-order valence-corrected chi connectivity index (χ4v) is 2.35. The molecule has 0 spiro atoms. The molecule has 6 heteroatoms. The predicted molar refractivity (Wildman–Crippen MR) is 97.1 cm³/mol. The van der Waals surface area contributed by atoms with Crippen LogP contribution in [-0.4, -0.2) is 31.8 Å². The predicted octanol–water partition coefficient (Wildman–Crippen LogP) is 3.69. The first kappa shape index (κ1) is 18.3. The third kappa shape index (κ3) is 5.84. The van der Waals surface area contributed by atoms with E-state index in [1.807, 2.05) is 42.2 Å². The molecule has 2 rings (SSSR count). The number of carbonyl (C=O) groups is 2. The van der Waals surface area contributed by atoms with Gasteiger partial charge in [-0.05, 0) is 31.2 Å². The smallest absolute Gasteiger partial charge is 0.432 e. The van der Waals surface area contributed by atoms with Gasteiger partial charge in [0.1, 0.15) is 12.4 Å². The summed E-state index contributed by atoms with van der Waals surface area (Å²) in [6.07, 6.45) is -0.739. The summed E-state index contributed by atoms with van der Waals surface area (Å²) < 4.78 is 10.2. The number of amides is 1. The van der Waals surface area contributed by atoms with Gasteiger partial charge in [-0.3, -0.25) is 4.79 Å². The van der Waals surface area contributed by atoms with Crippen LogP contribution in [0.3, 0.4) is 0 Å². The molecule has 0 fully saturated rings. The van der Waals surface area contributed by atoms with Gasteiger partial charge < -0.3 is 19.7 Å². The number of rotatable bonds is 7. The Bertz CT molecular complexity index is 704. The van der Waals surface area contributed by atoms with E-state index in [-0.39, 0.29) is 12.5 Å². The Hall–Kier alpha value is -3.02. The van der Waals surface area contributed by atoms with Crippen LogP contribution in [-0.2, 0) is 9.53 Å². The summed E-state index contributed by atoms with van der Waals surface area (Å²) in [5.74, 6) is 0.307. The summed E-state index contributed by atoms with van der Waals surface area (Å²) in [5, 5.41) is 2.81. The van der Waals surface area contributed by atoms with Gasteiger partial charge in [0.2, 0.25) is 5.91 Å². The lowest BCUT2D eigenvalue weighted by atomic mass is 10.2. The number of likely N-dealkylation sites (N-methyl/N-ethyl adjacent to an activating group) is 1. The molecular weight excluding hydrogens is 320 g/mol. The molecule has 2 aromatic carbocycles. The number of nitrogens with one attached hydrogen (secondary N) is 1. The van der Waals surface area contributed by atoms with Gasteiger partial charge in [-0.15, -0.1) is 0 Å². The number of para-hydroxylation sites is 3. The molecule has 0 saturated heterocycles. The number of carbonyl (C=O) groups excluding carboxylic acids is 2. The molecular formula is C19H22N2O4. The SMILES string of the molecule is CCN(CCOC(=O)Oc1ccccc1)c1ccccc1NC(C)=O. The van der Waals surface area contributed by atoms with Crippen LogP contribution < -0.4 is 15.0 Å². The van der Waals surface area contributed by atoms with Gasteiger partial charge in [-0.1, -0.05) is 30.3 Å². The molecule has 0 aliphatic carbocycles. The molecule has 6 nitrogen and oxygen atoms in total. The number of ether oxygens (including phenoxy) is 2. The molecule has 0 aliphatic rings. The highest BCUT2D eigenvalue weighted by atomic mass is 16.7. The molecule has 0 bridgehead atoms. The molecule has 25 heavy (non-hydrogen) atoms. The minimum absolute atomic E-state index is 0.133. The Morgan fingerprint density at radius 3 is 2.40 bits per heavy atom. The number of hydrogen-bond donors (Lipinski definition) is 1. The highest BCUT2D eigenvalue weighted by Gasteiger charge is 2.12. The van der Waals surface area contributed by atoms with Crippen molar-refractivity contribution < 1.29 is 19.1 Å². The van der Waals surface area contributed by atoms with Crippen LogP contribution in [0.25, 0.3) is 0 Å². The van der Waals surface area contributed by atoms with Crippen LogP contribution in [0.15, 0.2) is 54.6 Å². The average molecular weight is 342 g/mol. The van der Waals surface area contributed by atoms with E-state index in [4.69, 9.17) is 9.47 Å². The third-order valence-electron chi connectivity index (χ3n) is 3.46. The van der Waals surface area contributed by atoms with E-state index in [0.717, 1.165) is 11.4 Å². The maximum Gasteiger partial charge on any atom is 0.513 e. The molecule has 0 saturated carbocycles.